The fourth-order valence-electron chi connectivity index (χ4n) is 3.81. The predicted octanol–water partition coefficient (Wildman–Crippen LogP) is 6.25. The summed E-state index contributed by atoms with van der Waals surface area (Å²) in [5, 5.41) is 0. The Labute approximate surface area is 201 Å². The van der Waals surface area contributed by atoms with Crippen molar-refractivity contribution in [2.24, 2.45) is 0 Å². The number of aryl methyl sites for hydroxylation is 1. The average molecular weight is 449 g/mol. The summed E-state index contributed by atoms with van der Waals surface area (Å²) in [6, 6.07) is 35.5. The molecule has 4 aromatic rings. The quantitative estimate of drug-likeness (QED) is 0.314. The minimum absolute atomic E-state index is 0.211. The topological polar surface area (TPSA) is 40.6 Å². The highest BCUT2D eigenvalue weighted by Crippen LogP contribution is 2.25. The SMILES string of the molecule is Cc1ccc(N(C)C(=O)CC(=O)N(Cc2ccccc2)c2ccc(-c3ccccc3)cc2)cc1. The van der Waals surface area contributed by atoms with Crippen LogP contribution in [0.2, 0.25) is 0 Å². The third-order valence-electron chi connectivity index (χ3n) is 5.87. The van der Waals surface area contributed by atoms with Crippen molar-refractivity contribution in [2.45, 2.75) is 19.9 Å². The van der Waals surface area contributed by atoms with E-state index in [9.17, 15) is 9.59 Å². The van der Waals surface area contributed by atoms with Crippen molar-refractivity contribution in [1.29, 1.82) is 0 Å². The maximum Gasteiger partial charge on any atom is 0.236 e. The van der Waals surface area contributed by atoms with Gasteiger partial charge in [-0.25, -0.2) is 0 Å². The van der Waals surface area contributed by atoms with Gasteiger partial charge < -0.3 is 9.80 Å². The van der Waals surface area contributed by atoms with Gasteiger partial charge in [0, 0.05) is 18.4 Å². The molecule has 0 bridgehead atoms. The Bertz CT molecular complexity index is 1230. The summed E-state index contributed by atoms with van der Waals surface area (Å²) in [7, 11) is 1.70. The van der Waals surface area contributed by atoms with Gasteiger partial charge in [0.15, 0.2) is 0 Å². The predicted molar refractivity (Wildman–Crippen MR) is 139 cm³/mol. The number of carbonyl (C=O) groups excluding carboxylic acids is 2. The van der Waals surface area contributed by atoms with Crippen LogP contribution >= 0.6 is 0 Å². The molecule has 4 aromatic carbocycles. The first-order chi connectivity index (χ1) is 16.5. The summed E-state index contributed by atoms with van der Waals surface area (Å²) in [6.45, 7) is 2.39. The van der Waals surface area contributed by atoms with Crippen LogP contribution in [0.5, 0.6) is 0 Å². The molecule has 4 rings (SSSR count). The third kappa shape index (κ3) is 5.59. The highest BCUT2D eigenvalue weighted by Gasteiger charge is 2.22. The Morgan fingerprint density at radius 2 is 1.15 bits per heavy atom. The molecular formula is C30H28N2O2. The van der Waals surface area contributed by atoms with Gasteiger partial charge in [0.2, 0.25) is 11.8 Å². The molecule has 34 heavy (non-hydrogen) atoms. The third-order valence-corrected chi connectivity index (χ3v) is 5.87. The first-order valence-corrected chi connectivity index (χ1v) is 11.3. The molecule has 2 amide bonds. The fraction of sp³-hybridized carbons (Fsp3) is 0.133. The molecule has 0 saturated heterocycles. The van der Waals surface area contributed by atoms with E-state index in [1.807, 2.05) is 104 Å². The minimum atomic E-state index is -0.243. The average Bonchev–Trinajstić information content (AvgIpc) is 2.88. The van der Waals surface area contributed by atoms with E-state index in [1.165, 1.54) is 4.90 Å². The van der Waals surface area contributed by atoms with Crippen molar-refractivity contribution in [3.8, 4) is 11.1 Å². The van der Waals surface area contributed by atoms with E-state index in [1.54, 1.807) is 11.9 Å². The summed E-state index contributed by atoms with van der Waals surface area (Å²) in [5.41, 5.74) is 5.84. The molecule has 0 fully saturated rings. The number of nitrogens with zero attached hydrogens (tertiary/aromatic N) is 2. The summed E-state index contributed by atoms with van der Waals surface area (Å²) in [6.07, 6.45) is -0.211. The number of benzene rings is 4. The number of carbonyl (C=O) groups is 2. The molecule has 4 heteroatoms. The molecule has 0 atom stereocenters. The Morgan fingerprint density at radius 3 is 1.76 bits per heavy atom. The van der Waals surface area contributed by atoms with Crippen LogP contribution in [0.25, 0.3) is 11.1 Å². The number of hydrogen-bond acceptors (Lipinski definition) is 2. The zero-order valence-corrected chi connectivity index (χ0v) is 19.5. The monoisotopic (exact) mass is 448 g/mol. The molecular weight excluding hydrogens is 420 g/mol. The van der Waals surface area contributed by atoms with Gasteiger partial charge in [-0.05, 0) is 47.9 Å². The van der Waals surface area contributed by atoms with E-state index < -0.39 is 0 Å². The standard InChI is InChI=1S/C30H28N2O2/c1-23-13-17-27(18-14-23)31(2)29(33)21-30(34)32(22-24-9-5-3-6-10-24)28-19-15-26(16-20-28)25-11-7-4-8-12-25/h3-20H,21-22H2,1-2H3. The smallest absolute Gasteiger partial charge is 0.236 e. The van der Waals surface area contributed by atoms with E-state index in [0.29, 0.717) is 6.54 Å². The molecule has 0 aliphatic rings. The van der Waals surface area contributed by atoms with Crippen molar-refractivity contribution < 1.29 is 9.59 Å². The summed E-state index contributed by atoms with van der Waals surface area (Å²) >= 11 is 0. The van der Waals surface area contributed by atoms with Crippen molar-refractivity contribution >= 4 is 23.2 Å². The van der Waals surface area contributed by atoms with Gasteiger partial charge in [-0.3, -0.25) is 9.59 Å². The summed E-state index contributed by atoms with van der Waals surface area (Å²) < 4.78 is 0. The van der Waals surface area contributed by atoms with Crippen LogP contribution in [0, 0.1) is 6.92 Å². The van der Waals surface area contributed by atoms with Crippen molar-refractivity contribution in [1.82, 2.24) is 0 Å². The second-order valence-electron chi connectivity index (χ2n) is 8.34. The molecule has 0 N–H and O–H groups in total. The lowest BCUT2D eigenvalue weighted by Gasteiger charge is -2.25. The summed E-state index contributed by atoms with van der Waals surface area (Å²) in [4.78, 5) is 29.5. The van der Waals surface area contributed by atoms with Gasteiger partial charge >= 0.3 is 0 Å². The number of hydrogen-bond donors (Lipinski definition) is 0. The normalized spacial score (nSPS) is 10.5. The molecule has 0 aliphatic carbocycles. The molecule has 0 aromatic heterocycles. The van der Waals surface area contributed by atoms with Crippen LogP contribution < -0.4 is 9.80 Å². The number of amides is 2. The largest absolute Gasteiger partial charge is 0.315 e. The zero-order chi connectivity index (χ0) is 23.9. The zero-order valence-electron chi connectivity index (χ0n) is 19.5. The Hall–Kier alpha value is -4.18. The lowest BCUT2D eigenvalue weighted by molar-refractivity contribution is -0.126. The van der Waals surface area contributed by atoms with Crippen LogP contribution in [-0.2, 0) is 16.1 Å². The van der Waals surface area contributed by atoms with E-state index in [2.05, 4.69) is 12.1 Å². The first kappa shape index (κ1) is 23.0. The van der Waals surface area contributed by atoms with Crippen molar-refractivity contribution in [2.75, 3.05) is 16.8 Å². The van der Waals surface area contributed by atoms with Gasteiger partial charge in [-0.1, -0.05) is 90.5 Å². The van der Waals surface area contributed by atoms with Gasteiger partial charge in [0.1, 0.15) is 6.42 Å². The number of anilines is 2. The maximum atomic E-state index is 13.4. The second-order valence-corrected chi connectivity index (χ2v) is 8.34. The lowest BCUT2D eigenvalue weighted by Crippen LogP contribution is -2.36. The minimum Gasteiger partial charge on any atom is -0.315 e. The highest BCUT2D eigenvalue weighted by atomic mass is 16.2. The van der Waals surface area contributed by atoms with Gasteiger partial charge in [-0.15, -0.1) is 0 Å². The van der Waals surface area contributed by atoms with Crippen LogP contribution in [0.3, 0.4) is 0 Å². The molecule has 170 valence electrons. The van der Waals surface area contributed by atoms with E-state index >= 15 is 0 Å². The molecule has 0 unspecified atom stereocenters. The molecule has 0 radical (unpaired) electrons. The Balaban J connectivity index is 1.56. The van der Waals surface area contributed by atoms with Crippen LogP contribution in [0.15, 0.2) is 109 Å². The Morgan fingerprint density at radius 1 is 0.618 bits per heavy atom. The van der Waals surface area contributed by atoms with E-state index in [4.69, 9.17) is 0 Å². The maximum absolute atomic E-state index is 13.4. The first-order valence-electron chi connectivity index (χ1n) is 11.3. The summed E-state index contributed by atoms with van der Waals surface area (Å²) in [5.74, 6) is -0.479. The fourth-order valence-corrected chi connectivity index (χ4v) is 3.81. The van der Waals surface area contributed by atoms with Gasteiger partial charge in [0.05, 0.1) is 6.54 Å². The number of rotatable bonds is 7. The lowest BCUT2D eigenvalue weighted by atomic mass is 10.0. The molecule has 0 spiro atoms. The highest BCUT2D eigenvalue weighted by molar-refractivity contribution is 6.09. The van der Waals surface area contributed by atoms with Gasteiger partial charge in [0.25, 0.3) is 0 Å². The molecule has 0 saturated carbocycles. The molecule has 4 nitrogen and oxygen atoms in total. The van der Waals surface area contributed by atoms with E-state index in [-0.39, 0.29) is 18.2 Å². The molecule has 0 heterocycles. The second kappa shape index (κ2) is 10.6. The van der Waals surface area contributed by atoms with Crippen molar-refractivity contribution in [3.05, 3.63) is 120 Å². The van der Waals surface area contributed by atoms with Crippen LogP contribution in [0.1, 0.15) is 17.5 Å². The molecule has 0 aliphatic heterocycles. The van der Waals surface area contributed by atoms with Crippen LogP contribution in [0.4, 0.5) is 11.4 Å². The Kier molecular flexibility index (Phi) is 7.19. The van der Waals surface area contributed by atoms with Gasteiger partial charge in [-0.2, -0.15) is 0 Å². The van der Waals surface area contributed by atoms with Crippen LogP contribution in [-0.4, -0.2) is 18.9 Å². The van der Waals surface area contributed by atoms with Crippen molar-refractivity contribution in [3.63, 3.8) is 0 Å². The van der Waals surface area contributed by atoms with E-state index in [0.717, 1.165) is 33.6 Å².